The summed E-state index contributed by atoms with van der Waals surface area (Å²) in [4.78, 5) is 35.1. The molecule has 2 aromatic carbocycles. The largest absolute Gasteiger partial charge is 0.484 e. The highest BCUT2D eigenvalue weighted by Crippen LogP contribution is 2.18. The minimum Gasteiger partial charge on any atom is -0.484 e. The summed E-state index contributed by atoms with van der Waals surface area (Å²) in [5.41, 5.74) is 7.06. The highest BCUT2D eigenvalue weighted by Gasteiger charge is 2.08. The fourth-order valence-electron chi connectivity index (χ4n) is 2.31. The summed E-state index contributed by atoms with van der Waals surface area (Å²) < 4.78 is 10.8. The molecule has 0 radical (unpaired) electrons. The van der Waals surface area contributed by atoms with Gasteiger partial charge in [0.05, 0.1) is 0 Å². The van der Waals surface area contributed by atoms with Crippen LogP contribution in [0.1, 0.15) is 34.8 Å². The highest BCUT2D eigenvalue weighted by molar-refractivity contribution is 5.95. The average molecular weight is 384 g/mol. The van der Waals surface area contributed by atoms with Crippen LogP contribution in [-0.4, -0.2) is 30.8 Å². The minimum atomic E-state index is -0.520. The normalized spacial score (nSPS) is 10.1. The van der Waals surface area contributed by atoms with Crippen molar-refractivity contribution < 1.29 is 23.9 Å². The van der Waals surface area contributed by atoms with Gasteiger partial charge in [0.1, 0.15) is 11.5 Å². The van der Waals surface area contributed by atoms with Gasteiger partial charge in [-0.3, -0.25) is 25.2 Å². The molecule has 0 atom stereocenters. The van der Waals surface area contributed by atoms with Gasteiger partial charge in [-0.25, -0.2) is 0 Å². The van der Waals surface area contributed by atoms with E-state index in [0.29, 0.717) is 23.5 Å². The topological polar surface area (TPSA) is 93.7 Å². The molecule has 2 rings (SSSR count). The van der Waals surface area contributed by atoms with E-state index in [1.807, 2.05) is 32.0 Å². The summed E-state index contributed by atoms with van der Waals surface area (Å²) in [7, 11) is 0. The maximum Gasteiger partial charge on any atom is 0.276 e. The lowest BCUT2D eigenvalue weighted by Crippen LogP contribution is -2.45. The van der Waals surface area contributed by atoms with Crippen molar-refractivity contribution in [2.45, 2.75) is 27.2 Å². The molecule has 0 bridgehead atoms. The number of aryl methyl sites for hydroxylation is 2. The SMILES string of the molecule is CCC(=O)c1ccc(OCC(=O)NNC(=O)COc2cc(C)ccc2C)cc1. The lowest BCUT2D eigenvalue weighted by atomic mass is 10.1. The van der Waals surface area contributed by atoms with Crippen LogP contribution in [0.15, 0.2) is 42.5 Å². The van der Waals surface area contributed by atoms with Gasteiger partial charge in [0.2, 0.25) is 0 Å². The standard InChI is InChI=1S/C21H24N2O5/c1-4-18(24)16-7-9-17(10-8-16)27-12-20(25)22-23-21(26)13-28-19-11-14(2)5-6-15(19)3/h5-11H,4,12-13H2,1-3H3,(H,22,25)(H,23,26). The fourth-order valence-corrected chi connectivity index (χ4v) is 2.31. The summed E-state index contributed by atoms with van der Waals surface area (Å²) in [5, 5.41) is 0. The van der Waals surface area contributed by atoms with Crippen molar-refractivity contribution in [2.75, 3.05) is 13.2 Å². The van der Waals surface area contributed by atoms with Crippen molar-refractivity contribution in [2.24, 2.45) is 0 Å². The molecule has 2 N–H and O–H groups in total. The van der Waals surface area contributed by atoms with Crippen molar-refractivity contribution in [1.29, 1.82) is 0 Å². The molecule has 148 valence electrons. The Hall–Kier alpha value is -3.35. The molecule has 7 nitrogen and oxygen atoms in total. The Morgan fingerprint density at radius 3 is 2.07 bits per heavy atom. The van der Waals surface area contributed by atoms with Crippen LogP contribution in [-0.2, 0) is 9.59 Å². The van der Waals surface area contributed by atoms with Crippen LogP contribution in [0.5, 0.6) is 11.5 Å². The van der Waals surface area contributed by atoms with Crippen molar-refractivity contribution in [3.63, 3.8) is 0 Å². The Morgan fingerprint density at radius 1 is 0.857 bits per heavy atom. The van der Waals surface area contributed by atoms with E-state index in [1.165, 1.54) is 0 Å². The van der Waals surface area contributed by atoms with Gasteiger partial charge >= 0.3 is 0 Å². The molecule has 0 aliphatic heterocycles. The lowest BCUT2D eigenvalue weighted by Gasteiger charge is -2.11. The summed E-state index contributed by atoms with van der Waals surface area (Å²) in [6.45, 7) is 5.11. The zero-order valence-electron chi connectivity index (χ0n) is 16.2. The van der Waals surface area contributed by atoms with E-state index in [-0.39, 0.29) is 19.0 Å². The summed E-state index contributed by atoms with van der Waals surface area (Å²) >= 11 is 0. The van der Waals surface area contributed by atoms with Gasteiger partial charge in [-0.2, -0.15) is 0 Å². The first-order valence-corrected chi connectivity index (χ1v) is 8.93. The number of rotatable bonds is 8. The third-order valence-corrected chi connectivity index (χ3v) is 3.91. The van der Waals surface area contributed by atoms with Crippen LogP contribution in [0.2, 0.25) is 0 Å². The number of hydrogen-bond donors (Lipinski definition) is 2. The molecule has 2 aromatic rings. The number of hydrazine groups is 1. The van der Waals surface area contributed by atoms with Crippen LogP contribution in [0, 0.1) is 13.8 Å². The monoisotopic (exact) mass is 384 g/mol. The van der Waals surface area contributed by atoms with E-state index < -0.39 is 11.8 Å². The van der Waals surface area contributed by atoms with Gasteiger partial charge < -0.3 is 9.47 Å². The number of hydrogen-bond acceptors (Lipinski definition) is 5. The van der Waals surface area contributed by atoms with Crippen LogP contribution in [0.25, 0.3) is 0 Å². The number of amides is 2. The number of carbonyl (C=O) groups excluding carboxylic acids is 3. The van der Waals surface area contributed by atoms with Crippen molar-refractivity contribution in [3.05, 3.63) is 59.2 Å². The second-order valence-electron chi connectivity index (χ2n) is 6.24. The average Bonchev–Trinajstić information content (AvgIpc) is 2.71. The maximum atomic E-state index is 11.8. The van der Waals surface area contributed by atoms with Crippen molar-refractivity contribution >= 4 is 17.6 Å². The minimum absolute atomic E-state index is 0.0371. The number of carbonyl (C=O) groups is 3. The van der Waals surface area contributed by atoms with E-state index in [4.69, 9.17) is 9.47 Å². The third kappa shape index (κ3) is 6.42. The Kier molecular flexibility index (Phi) is 7.56. The molecule has 0 aliphatic carbocycles. The second kappa shape index (κ2) is 10.1. The predicted molar refractivity (Wildman–Crippen MR) is 104 cm³/mol. The van der Waals surface area contributed by atoms with Gasteiger partial charge in [0.15, 0.2) is 19.0 Å². The second-order valence-corrected chi connectivity index (χ2v) is 6.24. The molecular weight excluding hydrogens is 360 g/mol. The molecule has 7 heteroatoms. The van der Waals surface area contributed by atoms with E-state index in [9.17, 15) is 14.4 Å². The smallest absolute Gasteiger partial charge is 0.276 e. The summed E-state index contributed by atoms with van der Waals surface area (Å²) in [6, 6.07) is 12.2. The Bertz CT molecular complexity index is 846. The summed E-state index contributed by atoms with van der Waals surface area (Å²) in [5.74, 6) is 0.0998. The van der Waals surface area contributed by atoms with Crippen LogP contribution >= 0.6 is 0 Å². The van der Waals surface area contributed by atoms with Crippen LogP contribution in [0.4, 0.5) is 0 Å². The summed E-state index contributed by atoms with van der Waals surface area (Å²) in [6.07, 6.45) is 0.426. The first kappa shape index (κ1) is 21.0. The Morgan fingerprint density at radius 2 is 1.46 bits per heavy atom. The molecule has 28 heavy (non-hydrogen) atoms. The fraction of sp³-hybridized carbons (Fsp3) is 0.286. The zero-order chi connectivity index (χ0) is 20.5. The molecule has 0 saturated carbocycles. The zero-order valence-corrected chi connectivity index (χ0v) is 16.2. The molecule has 0 spiro atoms. The Labute approximate surface area is 164 Å². The van der Waals surface area contributed by atoms with E-state index in [1.54, 1.807) is 31.2 Å². The maximum absolute atomic E-state index is 11.8. The number of benzene rings is 2. The van der Waals surface area contributed by atoms with Gasteiger partial charge in [-0.1, -0.05) is 19.1 Å². The van der Waals surface area contributed by atoms with Crippen molar-refractivity contribution in [1.82, 2.24) is 10.9 Å². The third-order valence-electron chi connectivity index (χ3n) is 3.91. The highest BCUT2D eigenvalue weighted by atomic mass is 16.5. The molecule has 0 heterocycles. The molecular formula is C21H24N2O5. The first-order chi connectivity index (χ1) is 13.4. The lowest BCUT2D eigenvalue weighted by molar-refractivity contribution is -0.131. The van der Waals surface area contributed by atoms with Gasteiger partial charge in [0, 0.05) is 12.0 Å². The first-order valence-electron chi connectivity index (χ1n) is 8.93. The molecule has 0 saturated heterocycles. The van der Waals surface area contributed by atoms with Crippen LogP contribution < -0.4 is 20.3 Å². The van der Waals surface area contributed by atoms with Crippen LogP contribution in [0.3, 0.4) is 0 Å². The van der Waals surface area contributed by atoms with Gasteiger partial charge in [-0.05, 0) is 55.3 Å². The molecule has 0 unspecified atom stereocenters. The van der Waals surface area contributed by atoms with Gasteiger partial charge in [-0.15, -0.1) is 0 Å². The number of Topliss-reactive ketones (excluding diaryl/α,β-unsaturated/α-hetero) is 1. The number of nitrogens with one attached hydrogen (secondary N) is 2. The number of ketones is 1. The number of ether oxygens (including phenoxy) is 2. The van der Waals surface area contributed by atoms with Gasteiger partial charge in [0.25, 0.3) is 11.8 Å². The molecule has 2 amide bonds. The van der Waals surface area contributed by atoms with E-state index in [0.717, 1.165) is 11.1 Å². The quantitative estimate of drug-likeness (QED) is 0.539. The van der Waals surface area contributed by atoms with Crippen molar-refractivity contribution in [3.8, 4) is 11.5 Å². The Balaban J connectivity index is 1.71. The molecule has 0 fully saturated rings. The molecule has 0 aromatic heterocycles. The predicted octanol–water partition coefficient (Wildman–Crippen LogP) is 2.50. The van der Waals surface area contributed by atoms with E-state index >= 15 is 0 Å². The van der Waals surface area contributed by atoms with E-state index in [2.05, 4.69) is 10.9 Å². The molecule has 0 aliphatic rings.